The van der Waals surface area contributed by atoms with Gasteiger partial charge in [-0.15, -0.1) is 11.3 Å². The molecule has 2 aromatic rings. The Bertz CT molecular complexity index is 638. The lowest BCUT2D eigenvalue weighted by atomic mass is 9.98. The van der Waals surface area contributed by atoms with Crippen molar-refractivity contribution in [2.75, 3.05) is 13.7 Å². The second-order valence-corrected chi connectivity index (χ2v) is 7.15. The molecule has 6 nitrogen and oxygen atoms in total. The van der Waals surface area contributed by atoms with Gasteiger partial charge < -0.3 is 25.4 Å². The Morgan fingerprint density at radius 2 is 2.32 bits per heavy atom. The predicted molar refractivity (Wildman–Crippen MR) is 86.0 cm³/mol. The van der Waals surface area contributed by atoms with E-state index in [1.807, 2.05) is 23.7 Å². The Morgan fingerprint density at radius 3 is 3.05 bits per heavy atom. The molecule has 1 aliphatic heterocycles. The van der Waals surface area contributed by atoms with Crippen LogP contribution in [0.1, 0.15) is 0 Å². The second-order valence-electron chi connectivity index (χ2n) is 5.09. The molecule has 1 saturated heterocycles. The van der Waals surface area contributed by atoms with Gasteiger partial charge in [0.15, 0.2) is 0 Å². The average Bonchev–Trinajstić information content (AvgIpc) is 2.98. The number of nitrogens with two attached hydrogens (primary N) is 1. The predicted octanol–water partition coefficient (Wildman–Crippen LogP) is 0.809. The fraction of sp³-hybridized carbons (Fsp3) is 0.500. The van der Waals surface area contributed by atoms with E-state index in [4.69, 9.17) is 15.2 Å². The number of nitrogens with zero attached hydrogens (tertiary/aromatic N) is 1. The molecular weight excluding hydrogens is 324 g/mol. The average molecular weight is 342 g/mol. The first-order valence-corrected chi connectivity index (χ1v) is 8.62. The van der Waals surface area contributed by atoms with E-state index in [0.29, 0.717) is 0 Å². The van der Waals surface area contributed by atoms with Crippen molar-refractivity contribution in [1.29, 1.82) is 0 Å². The van der Waals surface area contributed by atoms with Crippen LogP contribution in [-0.4, -0.2) is 58.7 Å². The van der Waals surface area contributed by atoms with Crippen LogP contribution in [0.15, 0.2) is 28.6 Å². The summed E-state index contributed by atoms with van der Waals surface area (Å²) in [5, 5.41) is 19.4. The number of rotatable bonds is 4. The van der Waals surface area contributed by atoms with Crippen LogP contribution in [-0.2, 0) is 9.47 Å². The third-order valence-electron chi connectivity index (χ3n) is 3.74. The monoisotopic (exact) mass is 342 g/mol. The molecule has 0 amide bonds. The standard InChI is InChI=1S/C14H18N2O4S2/c1-19-13-11(15)12(18)9(5-17)20-14(13)22-7-2-3-8-10(4-7)21-6-16-8/h2-4,6,9,11-14,17-18H,5,15H2,1H3. The largest absolute Gasteiger partial charge is 0.394 e. The molecule has 1 aromatic heterocycles. The van der Waals surface area contributed by atoms with Gasteiger partial charge in [0.2, 0.25) is 0 Å². The number of fused-ring (bicyclic) bond motifs is 1. The van der Waals surface area contributed by atoms with Crippen LogP contribution in [0.2, 0.25) is 0 Å². The number of aliphatic hydroxyl groups excluding tert-OH is 2. The molecule has 1 aliphatic rings. The van der Waals surface area contributed by atoms with Crippen LogP contribution in [0.25, 0.3) is 10.2 Å². The Morgan fingerprint density at radius 1 is 1.50 bits per heavy atom. The summed E-state index contributed by atoms with van der Waals surface area (Å²) in [5.41, 5.74) is 8.40. The molecule has 1 aromatic carbocycles. The van der Waals surface area contributed by atoms with Gasteiger partial charge in [-0.2, -0.15) is 0 Å². The molecule has 0 saturated carbocycles. The van der Waals surface area contributed by atoms with Crippen LogP contribution in [0, 0.1) is 0 Å². The minimum absolute atomic E-state index is 0.282. The molecule has 0 spiro atoms. The van der Waals surface area contributed by atoms with E-state index < -0.39 is 29.8 Å². The smallest absolute Gasteiger partial charge is 0.136 e. The summed E-state index contributed by atoms with van der Waals surface area (Å²) in [6, 6.07) is 5.35. The number of hydrogen-bond acceptors (Lipinski definition) is 8. The minimum Gasteiger partial charge on any atom is -0.394 e. The number of aromatic nitrogens is 1. The highest BCUT2D eigenvalue weighted by Gasteiger charge is 2.43. The van der Waals surface area contributed by atoms with Crippen LogP contribution >= 0.6 is 23.1 Å². The molecule has 0 radical (unpaired) electrons. The first kappa shape index (κ1) is 16.1. The summed E-state index contributed by atoms with van der Waals surface area (Å²) in [7, 11) is 1.54. The molecule has 120 valence electrons. The molecule has 3 rings (SSSR count). The van der Waals surface area contributed by atoms with Gasteiger partial charge >= 0.3 is 0 Å². The molecular formula is C14H18N2O4S2. The van der Waals surface area contributed by atoms with Crippen molar-refractivity contribution in [3.63, 3.8) is 0 Å². The summed E-state index contributed by atoms with van der Waals surface area (Å²) in [5.74, 6) is 0. The molecule has 8 heteroatoms. The quantitative estimate of drug-likeness (QED) is 0.756. The zero-order valence-electron chi connectivity index (χ0n) is 12.0. The number of benzene rings is 1. The number of thiazole rings is 1. The number of aliphatic hydroxyl groups is 2. The second kappa shape index (κ2) is 6.79. The Kier molecular flexibility index (Phi) is 4.98. The van der Waals surface area contributed by atoms with E-state index in [2.05, 4.69) is 4.98 Å². The van der Waals surface area contributed by atoms with Crippen LogP contribution in [0.3, 0.4) is 0 Å². The highest BCUT2D eigenvalue weighted by atomic mass is 32.2. The first-order valence-electron chi connectivity index (χ1n) is 6.86. The van der Waals surface area contributed by atoms with Gasteiger partial charge in [-0.1, -0.05) is 11.8 Å². The Hall–Kier alpha value is -0.740. The van der Waals surface area contributed by atoms with Crippen molar-refractivity contribution < 1.29 is 19.7 Å². The molecule has 22 heavy (non-hydrogen) atoms. The van der Waals surface area contributed by atoms with Crippen molar-refractivity contribution >= 4 is 33.3 Å². The van der Waals surface area contributed by atoms with Crippen molar-refractivity contribution in [1.82, 2.24) is 4.98 Å². The number of hydrogen-bond donors (Lipinski definition) is 3. The summed E-state index contributed by atoms with van der Waals surface area (Å²) in [6.07, 6.45) is -2.11. The van der Waals surface area contributed by atoms with E-state index in [-0.39, 0.29) is 6.61 Å². The van der Waals surface area contributed by atoms with Crippen molar-refractivity contribution in [3.05, 3.63) is 23.7 Å². The topological polar surface area (TPSA) is 97.8 Å². The lowest BCUT2D eigenvalue weighted by molar-refractivity contribution is -0.167. The van der Waals surface area contributed by atoms with Crippen LogP contribution in [0.4, 0.5) is 0 Å². The zero-order valence-corrected chi connectivity index (χ0v) is 13.6. The summed E-state index contributed by atoms with van der Waals surface area (Å²) < 4.78 is 12.3. The van der Waals surface area contributed by atoms with Gasteiger partial charge in [0, 0.05) is 12.0 Å². The number of ether oxygens (including phenoxy) is 2. The molecule has 1 fully saturated rings. The maximum absolute atomic E-state index is 10.0. The zero-order chi connectivity index (χ0) is 15.7. The third kappa shape index (κ3) is 3.00. The van der Waals surface area contributed by atoms with E-state index in [1.54, 1.807) is 18.4 Å². The molecule has 2 heterocycles. The maximum atomic E-state index is 10.0. The number of thioether (sulfide) groups is 1. The fourth-order valence-corrected chi connectivity index (χ4v) is 4.53. The summed E-state index contributed by atoms with van der Waals surface area (Å²) >= 11 is 3.04. The lowest BCUT2D eigenvalue weighted by Crippen LogP contribution is -2.61. The summed E-state index contributed by atoms with van der Waals surface area (Å²) in [6.45, 7) is -0.282. The van der Waals surface area contributed by atoms with Gasteiger partial charge in [-0.25, -0.2) is 4.98 Å². The Balaban J connectivity index is 1.81. The van der Waals surface area contributed by atoms with E-state index in [0.717, 1.165) is 15.1 Å². The van der Waals surface area contributed by atoms with Gasteiger partial charge in [-0.3, -0.25) is 0 Å². The van der Waals surface area contributed by atoms with E-state index in [9.17, 15) is 10.2 Å². The first-order chi connectivity index (χ1) is 10.6. The van der Waals surface area contributed by atoms with Crippen molar-refractivity contribution in [2.24, 2.45) is 5.73 Å². The maximum Gasteiger partial charge on any atom is 0.136 e. The Labute approximate surface area is 136 Å². The molecule has 0 aliphatic carbocycles. The molecule has 5 unspecified atom stereocenters. The SMILES string of the molecule is COC1C(Sc2ccc3ncsc3c2)OC(CO)C(O)C1N. The highest BCUT2D eigenvalue weighted by Crippen LogP contribution is 2.35. The van der Waals surface area contributed by atoms with E-state index >= 15 is 0 Å². The van der Waals surface area contributed by atoms with Crippen LogP contribution < -0.4 is 5.73 Å². The lowest BCUT2D eigenvalue weighted by Gasteiger charge is -2.42. The molecule has 4 N–H and O–H groups in total. The normalized spacial score (nSPS) is 32.5. The van der Waals surface area contributed by atoms with Gasteiger partial charge in [0.1, 0.15) is 23.7 Å². The summed E-state index contributed by atoms with van der Waals surface area (Å²) in [4.78, 5) is 5.26. The van der Waals surface area contributed by atoms with Crippen molar-refractivity contribution in [3.8, 4) is 0 Å². The fourth-order valence-electron chi connectivity index (χ4n) is 2.51. The van der Waals surface area contributed by atoms with Gasteiger partial charge in [0.25, 0.3) is 0 Å². The molecule has 0 bridgehead atoms. The minimum atomic E-state index is -0.948. The molecule has 5 atom stereocenters. The van der Waals surface area contributed by atoms with Gasteiger partial charge in [0.05, 0.1) is 28.4 Å². The van der Waals surface area contributed by atoms with Gasteiger partial charge in [-0.05, 0) is 18.2 Å². The van der Waals surface area contributed by atoms with Crippen molar-refractivity contribution in [2.45, 2.75) is 34.7 Å². The third-order valence-corrected chi connectivity index (χ3v) is 5.67. The van der Waals surface area contributed by atoms with E-state index in [1.165, 1.54) is 11.8 Å². The highest BCUT2D eigenvalue weighted by molar-refractivity contribution is 7.99. The van der Waals surface area contributed by atoms with Crippen LogP contribution in [0.5, 0.6) is 0 Å². The number of methoxy groups -OCH3 is 1.